The smallest absolute Gasteiger partial charge is 0.392 e. The maximum absolute atomic E-state index is 4.29. The summed E-state index contributed by atoms with van der Waals surface area (Å²) in [4.78, 5) is 12.7. The summed E-state index contributed by atoms with van der Waals surface area (Å²) in [6, 6.07) is 10.3. The minimum absolute atomic E-state index is 0.894. The first-order valence-electron chi connectivity index (χ1n) is 5.63. The van der Waals surface area contributed by atoms with Gasteiger partial charge in [0.25, 0.3) is 0 Å². The van der Waals surface area contributed by atoms with Gasteiger partial charge in [0.1, 0.15) is 5.82 Å². The summed E-state index contributed by atoms with van der Waals surface area (Å²) in [6.45, 7) is 1.91. The first-order valence-corrected chi connectivity index (χ1v) is 5.63. The van der Waals surface area contributed by atoms with Gasteiger partial charge in [0, 0.05) is 31.2 Å². The predicted octanol–water partition coefficient (Wildman–Crippen LogP) is 1.34. The molecule has 3 rings (SSSR count). The number of para-hydroxylation sites is 1. The zero-order valence-corrected chi connectivity index (χ0v) is 9.40. The van der Waals surface area contributed by atoms with Crippen LogP contribution in [0.4, 0.5) is 11.5 Å². The van der Waals surface area contributed by atoms with E-state index in [1.807, 2.05) is 18.2 Å². The Morgan fingerprint density at radius 2 is 1.82 bits per heavy atom. The van der Waals surface area contributed by atoms with Crippen LogP contribution < -0.4 is 9.62 Å². The van der Waals surface area contributed by atoms with Crippen molar-refractivity contribution in [1.82, 2.24) is 9.97 Å². The number of nitrogens with zero attached hydrogens (tertiary/aromatic N) is 4. The number of hydrogen-bond donors (Lipinski definition) is 0. The van der Waals surface area contributed by atoms with E-state index in [9.17, 15) is 0 Å². The molecule has 1 aromatic carbocycles. The van der Waals surface area contributed by atoms with Gasteiger partial charge in [-0.1, -0.05) is 18.2 Å². The average Bonchev–Trinajstić information content (AvgIpc) is 2.90. The van der Waals surface area contributed by atoms with Crippen LogP contribution in [0.25, 0.3) is 0 Å². The van der Waals surface area contributed by atoms with Crippen molar-refractivity contribution in [2.45, 2.75) is 0 Å². The fraction of sp³-hybridized carbons (Fsp3) is 0.167. The van der Waals surface area contributed by atoms with Gasteiger partial charge in [0.15, 0.2) is 0 Å². The van der Waals surface area contributed by atoms with E-state index in [-0.39, 0.29) is 0 Å². The van der Waals surface area contributed by atoms with Gasteiger partial charge in [-0.25, -0.2) is 4.98 Å². The van der Waals surface area contributed by atoms with Gasteiger partial charge >= 0.3 is 7.55 Å². The fourth-order valence-electron chi connectivity index (χ4n) is 1.93. The molecule has 83 valence electrons. The molecule has 0 spiro atoms. The summed E-state index contributed by atoms with van der Waals surface area (Å²) < 4.78 is 0. The second-order valence-electron chi connectivity index (χ2n) is 3.90. The first-order chi connectivity index (χ1) is 8.43. The zero-order valence-electron chi connectivity index (χ0n) is 9.40. The van der Waals surface area contributed by atoms with Crippen LogP contribution in [0.2, 0.25) is 0 Å². The van der Waals surface area contributed by atoms with E-state index in [1.54, 1.807) is 18.6 Å². The van der Waals surface area contributed by atoms with Crippen molar-refractivity contribution in [2.75, 3.05) is 22.7 Å². The van der Waals surface area contributed by atoms with Crippen LogP contribution in [-0.2, 0) is 0 Å². The fourth-order valence-corrected chi connectivity index (χ4v) is 1.93. The summed E-state index contributed by atoms with van der Waals surface area (Å²) in [5, 5.41) is 0. The molecule has 1 aromatic heterocycles. The number of anilines is 2. The molecule has 1 radical (unpaired) electrons. The quantitative estimate of drug-likeness (QED) is 0.719. The molecule has 2 aromatic rings. The van der Waals surface area contributed by atoms with E-state index in [0.29, 0.717) is 0 Å². The van der Waals surface area contributed by atoms with E-state index in [0.717, 1.165) is 18.9 Å². The Bertz CT molecular complexity index is 431. The molecular formula is C12H12BN4. The van der Waals surface area contributed by atoms with Crippen LogP contribution >= 0.6 is 0 Å². The number of aromatic nitrogens is 2. The Labute approximate surface area is 101 Å². The van der Waals surface area contributed by atoms with E-state index >= 15 is 0 Å². The molecule has 1 fully saturated rings. The van der Waals surface area contributed by atoms with Crippen molar-refractivity contribution in [1.29, 1.82) is 0 Å². The summed E-state index contributed by atoms with van der Waals surface area (Å²) >= 11 is 0. The van der Waals surface area contributed by atoms with E-state index in [4.69, 9.17) is 0 Å². The zero-order chi connectivity index (χ0) is 11.5. The Kier molecular flexibility index (Phi) is 2.65. The Hall–Kier alpha value is -2.04. The van der Waals surface area contributed by atoms with E-state index < -0.39 is 0 Å². The third kappa shape index (κ3) is 2.09. The standard InChI is InChI=1S/C12H12BN4/c1-2-4-11(5-3-1)16-8-9-17(13-16)12-10-14-6-7-15-12/h1-7,10H,8-9H2. The number of benzene rings is 1. The van der Waals surface area contributed by atoms with Gasteiger partial charge < -0.3 is 9.62 Å². The van der Waals surface area contributed by atoms with Gasteiger partial charge in [0.05, 0.1) is 6.20 Å². The second-order valence-corrected chi connectivity index (χ2v) is 3.90. The van der Waals surface area contributed by atoms with Crippen LogP contribution in [0.3, 0.4) is 0 Å². The molecule has 0 atom stereocenters. The van der Waals surface area contributed by atoms with E-state index in [1.165, 1.54) is 5.69 Å². The summed E-state index contributed by atoms with van der Waals surface area (Å²) in [7, 11) is 2.08. The van der Waals surface area contributed by atoms with Gasteiger partial charge in [-0.3, -0.25) is 4.98 Å². The van der Waals surface area contributed by atoms with Crippen LogP contribution in [0.15, 0.2) is 48.9 Å². The molecule has 0 bridgehead atoms. The lowest BCUT2D eigenvalue weighted by Gasteiger charge is -2.17. The summed E-state index contributed by atoms with van der Waals surface area (Å²) in [5.74, 6) is 0.894. The number of hydrogen-bond acceptors (Lipinski definition) is 4. The minimum atomic E-state index is 0.894. The molecule has 1 aliphatic rings. The maximum Gasteiger partial charge on any atom is 0.392 e. The first kappa shape index (κ1) is 10.1. The van der Waals surface area contributed by atoms with Gasteiger partial charge in [-0.05, 0) is 12.1 Å². The van der Waals surface area contributed by atoms with Crippen LogP contribution in [-0.4, -0.2) is 30.6 Å². The predicted molar refractivity (Wildman–Crippen MR) is 68.9 cm³/mol. The Morgan fingerprint density at radius 1 is 1.00 bits per heavy atom. The molecular weight excluding hydrogens is 211 g/mol. The Balaban J connectivity index is 1.75. The molecule has 0 aliphatic carbocycles. The third-order valence-electron chi connectivity index (χ3n) is 2.79. The monoisotopic (exact) mass is 223 g/mol. The lowest BCUT2D eigenvalue weighted by atomic mass is 10.1. The highest BCUT2D eigenvalue weighted by molar-refractivity contribution is 6.48. The SMILES string of the molecule is [B]1N(c2ccccc2)CCN1c1cnccn1. The average molecular weight is 223 g/mol. The maximum atomic E-state index is 4.29. The van der Waals surface area contributed by atoms with Crippen molar-refractivity contribution < 1.29 is 0 Å². The topological polar surface area (TPSA) is 32.3 Å². The molecule has 2 heterocycles. The highest BCUT2D eigenvalue weighted by Gasteiger charge is 2.23. The van der Waals surface area contributed by atoms with Crippen molar-refractivity contribution in [3.05, 3.63) is 48.9 Å². The molecule has 5 heteroatoms. The van der Waals surface area contributed by atoms with Crippen molar-refractivity contribution in [3.63, 3.8) is 0 Å². The molecule has 0 saturated carbocycles. The largest absolute Gasteiger partial charge is 0.397 e. The second kappa shape index (κ2) is 4.45. The number of rotatable bonds is 2. The molecule has 0 amide bonds. The summed E-state index contributed by atoms with van der Waals surface area (Å²) in [6.07, 6.45) is 5.19. The van der Waals surface area contributed by atoms with Gasteiger partial charge in [0.2, 0.25) is 0 Å². The molecule has 0 N–H and O–H groups in total. The van der Waals surface area contributed by atoms with Crippen LogP contribution in [0, 0.1) is 0 Å². The Morgan fingerprint density at radius 3 is 2.59 bits per heavy atom. The van der Waals surface area contributed by atoms with Crippen LogP contribution in [0.1, 0.15) is 0 Å². The van der Waals surface area contributed by atoms with Gasteiger partial charge in [-0.15, -0.1) is 0 Å². The van der Waals surface area contributed by atoms with Gasteiger partial charge in [-0.2, -0.15) is 0 Å². The third-order valence-corrected chi connectivity index (χ3v) is 2.79. The lowest BCUT2D eigenvalue weighted by Crippen LogP contribution is -2.30. The minimum Gasteiger partial charge on any atom is -0.397 e. The lowest BCUT2D eigenvalue weighted by molar-refractivity contribution is 0.998. The summed E-state index contributed by atoms with van der Waals surface area (Å²) in [5.41, 5.74) is 1.21. The normalized spacial score (nSPS) is 14.8. The van der Waals surface area contributed by atoms with Crippen LogP contribution in [0.5, 0.6) is 0 Å². The molecule has 4 nitrogen and oxygen atoms in total. The van der Waals surface area contributed by atoms with E-state index in [2.05, 4.69) is 39.3 Å². The highest BCUT2D eigenvalue weighted by atomic mass is 15.3. The molecule has 0 unspecified atom stereocenters. The molecule has 1 saturated heterocycles. The van der Waals surface area contributed by atoms with Crippen molar-refractivity contribution in [2.24, 2.45) is 0 Å². The van der Waals surface area contributed by atoms with Crippen molar-refractivity contribution >= 4 is 19.1 Å². The highest BCUT2D eigenvalue weighted by Crippen LogP contribution is 2.19. The molecule has 17 heavy (non-hydrogen) atoms. The van der Waals surface area contributed by atoms with Crippen molar-refractivity contribution in [3.8, 4) is 0 Å². The molecule has 1 aliphatic heterocycles.